The Morgan fingerprint density at radius 2 is 0.347 bits per heavy atom. The summed E-state index contributed by atoms with van der Waals surface area (Å²) in [5.74, 6) is -2.39. The predicted octanol–water partition coefficient (Wildman–Crippen LogP) is 4.82. The first-order chi connectivity index (χ1) is 35.0. The number of nitrogens with zero attached hydrogens (tertiary/aromatic N) is 22. The summed E-state index contributed by atoms with van der Waals surface area (Å²) in [4.78, 5) is 33.1. The monoisotopic (exact) mass is 914 g/mol. The zero-order valence-electron chi connectivity index (χ0n) is 34.8. The number of H-pyrrole nitrogens is 2. The number of nitriles is 16. The maximum atomic E-state index is 10.7. The molecule has 0 unspecified atom stereocenters. The van der Waals surface area contributed by atoms with Crippen molar-refractivity contribution in [1.29, 1.82) is 84.2 Å². The Bertz CT molecular complexity index is 4280. The molecule has 314 valence electrons. The van der Waals surface area contributed by atoms with Crippen LogP contribution in [-0.2, 0) is 0 Å². The van der Waals surface area contributed by atoms with Crippen LogP contribution < -0.4 is 0 Å². The van der Waals surface area contributed by atoms with E-state index in [2.05, 4.69) is 39.9 Å². The first kappa shape index (κ1) is 43.3. The van der Waals surface area contributed by atoms with Gasteiger partial charge in [-0.1, -0.05) is 0 Å². The van der Waals surface area contributed by atoms with Crippen LogP contribution in [0.1, 0.15) is 89.0 Å². The van der Waals surface area contributed by atoms with Gasteiger partial charge in [0.1, 0.15) is 120 Å². The van der Waals surface area contributed by atoms with E-state index in [9.17, 15) is 84.2 Å². The summed E-state index contributed by atoms with van der Waals surface area (Å²) >= 11 is 0. The standard InChI is InChI=1S/C48H2N24/c49-1-17-18(2-50)26(10-58)34-33(25(17)9-57)41-65-42(34)70-44-37-29(13-61)21(5-53)22(6-54)30(14-62)38(37)46(67-44)72-48-40-32(16-64)24(8-56)23(7-55)31(15-63)39(40)47(68-48)71-45-36-28(12-60)20(4-52)19(3-51)27(11-59)35(36)43(66-45)69-41/h(H2,65,66,67,68,69,70,71,72). The first-order valence-electron chi connectivity index (χ1n) is 19.3. The van der Waals surface area contributed by atoms with Crippen LogP contribution in [-0.4, -0.2) is 39.9 Å². The highest BCUT2D eigenvalue weighted by molar-refractivity contribution is 6.14. The largest absolute Gasteiger partial charge is 0.324 e. The van der Waals surface area contributed by atoms with Gasteiger partial charge in [0.15, 0.2) is 23.3 Å². The topological polar surface area (TPSA) is 490 Å². The molecule has 9 rings (SSSR count). The molecular weight excluding hydrogens is 913 g/mol. The molecule has 24 nitrogen and oxygen atoms in total. The number of hydrogen-bond donors (Lipinski definition) is 2. The highest BCUT2D eigenvalue weighted by Crippen LogP contribution is 2.46. The predicted molar refractivity (Wildman–Crippen MR) is 231 cm³/mol. The molecule has 4 aromatic carbocycles. The maximum absolute atomic E-state index is 10.7. The molecule has 3 aromatic heterocycles. The number of aromatic nitrogens is 8. The van der Waals surface area contributed by atoms with Gasteiger partial charge < -0.3 is 9.97 Å². The van der Waals surface area contributed by atoms with Gasteiger partial charge in [0.05, 0.1) is 111 Å². The number of aromatic amines is 2. The molecule has 2 aliphatic rings. The van der Waals surface area contributed by atoms with E-state index >= 15 is 0 Å². The van der Waals surface area contributed by atoms with E-state index in [1.165, 1.54) is 0 Å². The zero-order valence-corrected chi connectivity index (χ0v) is 34.8. The summed E-state index contributed by atoms with van der Waals surface area (Å²) in [6, 6.07) is 28.6. The summed E-state index contributed by atoms with van der Waals surface area (Å²) in [5, 5.41) is 166. The number of rotatable bonds is 0. The Hall–Kier alpha value is -13.9. The van der Waals surface area contributed by atoms with Crippen LogP contribution in [0, 0.1) is 181 Å². The SMILES string of the molecule is N#Cc1c(C#N)c(C#N)c2c(c1C#N)-c1nc-2nc2[nH]c(nc3nc(nc4[nH]c(n1)c1c(C#N)c(C#N)c(C#N)c(C#N)c41)-c1c(C#N)c(C#N)c(C#N)c(C#N)c1-3)c1c(C#N)c(C#N)c(C#N)c(C#N)c21. The zero-order chi connectivity index (χ0) is 51.4. The molecule has 2 N–H and O–H groups in total. The van der Waals surface area contributed by atoms with E-state index in [4.69, 9.17) is 0 Å². The van der Waals surface area contributed by atoms with Crippen molar-refractivity contribution in [2.75, 3.05) is 0 Å². The third-order valence-electron chi connectivity index (χ3n) is 11.4. The Labute approximate surface area is 398 Å². The van der Waals surface area contributed by atoms with E-state index in [0.29, 0.717) is 0 Å². The minimum Gasteiger partial charge on any atom is -0.324 e. The van der Waals surface area contributed by atoms with Crippen LogP contribution in [0.5, 0.6) is 0 Å². The third kappa shape index (κ3) is 5.36. The highest BCUT2D eigenvalue weighted by atomic mass is 15.1. The van der Waals surface area contributed by atoms with Crippen molar-refractivity contribution < 1.29 is 0 Å². The minimum atomic E-state index is -0.613. The molecule has 2 aliphatic heterocycles. The van der Waals surface area contributed by atoms with Gasteiger partial charge >= 0.3 is 0 Å². The Morgan fingerprint density at radius 3 is 0.500 bits per heavy atom. The molecule has 0 aliphatic carbocycles. The van der Waals surface area contributed by atoms with E-state index in [-0.39, 0.29) is 0 Å². The fourth-order valence-electron chi connectivity index (χ4n) is 8.61. The van der Waals surface area contributed by atoms with Gasteiger partial charge in [-0.3, -0.25) is 0 Å². The van der Waals surface area contributed by atoms with Gasteiger partial charge in [-0.2, -0.15) is 84.2 Å². The summed E-state index contributed by atoms with van der Waals surface area (Å²) < 4.78 is 0. The minimum absolute atomic E-state index is 0.390. The maximum Gasteiger partial charge on any atom is 0.166 e. The second-order valence-corrected chi connectivity index (χ2v) is 14.4. The molecule has 0 radical (unpaired) electrons. The smallest absolute Gasteiger partial charge is 0.166 e. The molecule has 0 amide bonds. The normalized spacial score (nSPS) is 10.0. The van der Waals surface area contributed by atoms with Crippen molar-refractivity contribution >= 4 is 44.1 Å². The fraction of sp³-hybridized carbons (Fsp3) is 0. The number of nitrogens with one attached hydrogen (secondary N) is 2. The van der Waals surface area contributed by atoms with Gasteiger partial charge in [-0.25, -0.2) is 29.9 Å². The molecule has 5 heterocycles. The van der Waals surface area contributed by atoms with E-state index in [1.54, 1.807) is 48.6 Å². The summed E-state index contributed by atoms with van der Waals surface area (Å²) in [6.07, 6.45) is 0. The molecule has 0 saturated carbocycles. The molecule has 0 saturated heterocycles. The molecule has 0 atom stereocenters. The molecule has 8 bridgehead atoms. The lowest BCUT2D eigenvalue weighted by Crippen LogP contribution is -2.01. The van der Waals surface area contributed by atoms with Crippen molar-refractivity contribution in [1.82, 2.24) is 39.9 Å². The summed E-state index contributed by atoms with van der Waals surface area (Å²) in [5.41, 5.74) is -13.2. The summed E-state index contributed by atoms with van der Waals surface area (Å²) in [7, 11) is 0. The second kappa shape index (κ2) is 16.0. The number of fused-ring (bicyclic) bond motifs is 20. The fourth-order valence-corrected chi connectivity index (χ4v) is 8.61. The van der Waals surface area contributed by atoms with Gasteiger partial charge in [0.25, 0.3) is 0 Å². The average molecular weight is 915 g/mol. The third-order valence-corrected chi connectivity index (χ3v) is 11.4. The molecule has 72 heavy (non-hydrogen) atoms. The second-order valence-electron chi connectivity index (χ2n) is 14.4. The van der Waals surface area contributed by atoms with Crippen molar-refractivity contribution in [3.8, 4) is 143 Å². The lowest BCUT2D eigenvalue weighted by atomic mass is 9.88. The van der Waals surface area contributed by atoms with Gasteiger partial charge in [-0.15, -0.1) is 0 Å². The van der Waals surface area contributed by atoms with Crippen LogP contribution in [0.15, 0.2) is 0 Å². The van der Waals surface area contributed by atoms with Crippen molar-refractivity contribution in [3.63, 3.8) is 0 Å². The number of hydrogen-bond acceptors (Lipinski definition) is 22. The van der Waals surface area contributed by atoms with E-state index in [0.717, 1.165) is 0 Å². The Morgan fingerprint density at radius 1 is 0.194 bits per heavy atom. The quantitative estimate of drug-likeness (QED) is 0.206. The lowest BCUT2D eigenvalue weighted by molar-refractivity contribution is 1.19. The lowest BCUT2D eigenvalue weighted by Gasteiger charge is -2.09. The highest BCUT2D eigenvalue weighted by Gasteiger charge is 2.36. The Kier molecular flexibility index (Phi) is 9.60. The van der Waals surface area contributed by atoms with Crippen LogP contribution in [0.25, 0.3) is 89.7 Å². The molecule has 24 heteroatoms. The van der Waals surface area contributed by atoms with Crippen LogP contribution in [0.3, 0.4) is 0 Å². The van der Waals surface area contributed by atoms with Crippen LogP contribution in [0.2, 0.25) is 0 Å². The average Bonchev–Trinajstić information content (AvgIpc) is 4.15. The molecule has 0 fully saturated rings. The summed E-state index contributed by atoms with van der Waals surface area (Å²) in [6.45, 7) is 0. The molecule has 7 aromatic rings. The van der Waals surface area contributed by atoms with Crippen molar-refractivity contribution in [2.45, 2.75) is 0 Å². The van der Waals surface area contributed by atoms with E-state index in [1.807, 2.05) is 48.6 Å². The molecular formula is C48H2N24. The van der Waals surface area contributed by atoms with Gasteiger partial charge in [0.2, 0.25) is 0 Å². The van der Waals surface area contributed by atoms with Crippen molar-refractivity contribution in [2.24, 2.45) is 0 Å². The van der Waals surface area contributed by atoms with Crippen LogP contribution >= 0.6 is 0 Å². The van der Waals surface area contributed by atoms with E-state index < -0.39 is 179 Å². The first-order valence-corrected chi connectivity index (χ1v) is 19.3. The van der Waals surface area contributed by atoms with Crippen molar-refractivity contribution in [3.05, 3.63) is 89.0 Å². The Balaban J connectivity index is 1.74. The number of benzene rings is 4. The van der Waals surface area contributed by atoms with Gasteiger partial charge in [0, 0.05) is 21.5 Å². The van der Waals surface area contributed by atoms with Gasteiger partial charge in [-0.05, 0) is 0 Å². The molecule has 0 spiro atoms. The van der Waals surface area contributed by atoms with Crippen LogP contribution in [0.4, 0.5) is 0 Å².